The number of fused-ring (bicyclic) bond motifs is 1. The second-order valence-electron chi connectivity index (χ2n) is 13.3. The highest BCUT2D eigenvalue weighted by molar-refractivity contribution is 5.98. The van der Waals surface area contributed by atoms with Crippen LogP contribution < -0.4 is 5.32 Å². The first kappa shape index (κ1) is 35.5. The number of carbonyl (C=O) groups excluding carboxylic acids is 2. The number of nitrogens with zero attached hydrogens (tertiary/aromatic N) is 2. The Balaban J connectivity index is 1.19. The van der Waals surface area contributed by atoms with E-state index in [9.17, 15) is 27.9 Å². The number of alkyl halides is 3. The van der Waals surface area contributed by atoms with Crippen LogP contribution in [0, 0.1) is 5.92 Å². The number of nitrogens with one attached hydrogen (secondary N) is 1. The lowest BCUT2D eigenvalue weighted by Crippen LogP contribution is -2.48. The van der Waals surface area contributed by atoms with Crippen LogP contribution in [0.15, 0.2) is 91.0 Å². The fourth-order valence-electron chi connectivity index (χ4n) is 6.89. The summed E-state index contributed by atoms with van der Waals surface area (Å²) < 4.78 is 52.5. The summed E-state index contributed by atoms with van der Waals surface area (Å²) >= 11 is 0. The molecule has 6 unspecified atom stereocenters. The molecule has 2 fully saturated rings. The molecule has 264 valence electrons. The molecule has 0 aliphatic carbocycles. The first-order valence-corrected chi connectivity index (χ1v) is 16.9. The first-order valence-electron chi connectivity index (χ1n) is 16.9. The lowest BCUT2D eigenvalue weighted by atomic mass is 9.89. The Bertz CT molecular complexity index is 1800. The summed E-state index contributed by atoms with van der Waals surface area (Å²) in [6, 6.07) is 28.2. The molecule has 2 aliphatic rings. The van der Waals surface area contributed by atoms with Crippen molar-refractivity contribution in [2.24, 2.45) is 5.92 Å². The molecule has 4 aromatic carbocycles. The minimum Gasteiger partial charge on any atom is -0.392 e. The third-order valence-electron chi connectivity index (χ3n) is 10.0. The van der Waals surface area contributed by atoms with Crippen molar-refractivity contribution in [3.05, 3.63) is 113 Å². The van der Waals surface area contributed by atoms with E-state index in [1.165, 1.54) is 16.3 Å². The summed E-state index contributed by atoms with van der Waals surface area (Å²) in [4.78, 5) is 27.7. The van der Waals surface area contributed by atoms with Crippen LogP contribution in [0.25, 0.3) is 10.8 Å². The average Bonchev–Trinajstić information content (AvgIpc) is 3.62. The number of carbonyl (C=O) groups is 2. The molecule has 6 rings (SSSR count). The van der Waals surface area contributed by atoms with Gasteiger partial charge in [-0.05, 0) is 72.5 Å². The van der Waals surface area contributed by atoms with Gasteiger partial charge in [0.05, 0.1) is 18.8 Å². The number of amides is 2. The van der Waals surface area contributed by atoms with Crippen molar-refractivity contribution in [2.75, 3.05) is 25.5 Å². The van der Waals surface area contributed by atoms with E-state index in [0.717, 1.165) is 11.1 Å². The van der Waals surface area contributed by atoms with E-state index in [1.807, 2.05) is 36.4 Å². The molecule has 2 amide bonds. The van der Waals surface area contributed by atoms with Crippen molar-refractivity contribution in [2.45, 2.75) is 70.1 Å². The van der Waals surface area contributed by atoms with E-state index in [-0.39, 0.29) is 43.7 Å². The van der Waals surface area contributed by atoms with Gasteiger partial charge in [-0.2, -0.15) is 13.2 Å². The topological polar surface area (TPSA) is 91.3 Å². The van der Waals surface area contributed by atoms with Gasteiger partial charge in [0.1, 0.15) is 6.04 Å². The van der Waals surface area contributed by atoms with E-state index >= 15 is 0 Å². The van der Waals surface area contributed by atoms with E-state index in [4.69, 9.17) is 9.47 Å². The summed E-state index contributed by atoms with van der Waals surface area (Å²) in [5.74, 6) is -2.70. The molecule has 0 saturated carbocycles. The van der Waals surface area contributed by atoms with Crippen LogP contribution >= 0.6 is 0 Å². The molecule has 0 spiro atoms. The molecule has 2 saturated heterocycles. The van der Waals surface area contributed by atoms with Gasteiger partial charge >= 0.3 is 12.1 Å². The third kappa shape index (κ3) is 7.71. The molecule has 8 nitrogen and oxygen atoms in total. The van der Waals surface area contributed by atoms with E-state index in [2.05, 4.69) is 61.4 Å². The molecule has 2 heterocycles. The number of benzene rings is 4. The number of ether oxygens (including phenoxy) is 2. The molecule has 6 atom stereocenters. The van der Waals surface area contributed by atoms with Crippen LogP contribution in [0.5, 0.6) is 0 Å². The number of anilines is 1. The maximum atomic E-state index is 13.1. The Labute approximate surface area is 289 Å². The van der Waals surface area contributed by atoms with Crippen molar-refractivity contribution < 1.29 is 37.3 Å². The van der Waals surface area contributed by atoms with Crippen LogP contribution in [0.4, 0.5) is 18.9 Å². The highest BCUT2D eigenvalue weighted by Crippen LogP contribution is 2.42. The fraction of sp³-hybridized carbons (Fsp3) is 0.385. The fourth-order valence-corrected chi connectivity index (χ4v) is 6.89. The molecule has 2 N–H and O–H groups in total. The largest absolute Gasteiger partial charge is 0.471 e. The van der Waals surface area contributed by atoms with Crippen LogP contribution in [0.1, 0.15) is 67.4 Å². The van der Waals surface area contributed by atoms with Crippen molar-refractivity contribution in [3.8, 4) is 0 Å². The summed E-state index contributed by atoms with van der Waals surface area (Å²) in [7, 11) is 2.08. The zero-order chi connectivity index (χ0) is 35.6. The number of halogens is 3. The minimum atomic E-state index is -5.04. The quantitative estimate of drug-likeness (QED) is 0.192. The van der Waals surface area contributed by atoms with Crippen molar-refractivity contribution in [3.63, 3.8) is 0 Å². The smallest absolute Gasteiger partial charge is 0.392 e. The van der Waals surface area contributed by atoms with Gasteiger partial charge in [0, 0.05) is 36.3 Å². The molecule has 2 aliphatic heterocycles. The number of hydrogen-bond donors (Lipinski definition) is 2. The zero-order valence-electron chi connectivity index (χ0n) is 28.3. The van der Waals surface area contributed by atoms with Gasteiger partial charge in [-0.25, -0.2) is 0 Å². The van der Waals surface area contributed by atoms with Crippen molar-refractivity contribution in [1.29, 1.82) is 0 Å². The summed E-state index contributed by atoms with van der Waals surface area (Å²) in [6.07, 6.45) is -5.87. The minimum absolute atomic E-state index is 0.0372. The third-order valence-corrected chi connectivity index (χ3v) is 10.0. The molecule has 50 heavy (non-hydrogen) atoms. The van der Waals surface area contributed by atoms with E-state index in [1.54, 1.807) is 24.3 Å². The van der Waals surface area contributed by atoms with E-state index < -0.39 is 30.3 Å². The Hall–Kier alpha value is -4.29. The second kappa shape index (κ2) is 14.9. The predicted molar refractivity (Wildman–Crippen MR) is 184 cm³/mol. The Morgan fingerprint density at radius 1 is 0.960 bits per heavy atom. The van der Waals surface area contributed by atoms with Gasteiger partial charge in [-0.3, -0.25) is 14.5 Å². The normalized spacial score (nSPS) is 23.3. The monoisotopic (exact) mass is 689 g/mol. The maximum absolute atomic E-state index is 13.1. The number of hydrogen-bond acceptors (Lipinski definition) is 6. The molecular weight excluding hydrogens is 647 g/mol. The Kier molecular flexibility index (Phi) is 10.6. The molecule has 0 aromatic heterocycles. The van der Waals surface area contributed by atoms with Gasteiger partial charge in [-0.1, -0.05) is 79.7 Å². The van der Waals surface area contributed by atoms with Gasteiger partial charge in [0.25, 0.3) is 0 Å². The standard InChI is InChI=1S/C39H42F3N3O5/c1-24-34(22-44(3)25(2)30-15-14-27-7-4-5-8-31(27)21-30)49-37(50-35(24)28-12-10-26(23-46)11-13-28)29-16-18-32(19-17-29)43-36(47)33-9-6-20-45(33)38(48)39(40,41)42/h4-5,7-8,10-19,21,24-25,33-35,37,46H,6,9,20,22-23H2,1-3H3,(H,43,47). The van der Waals surface area contributed by atoms with Gasteiger partial charge < -0.3 is 24.8 Å². The van der Waals surface area contributed by atoms with Crippen LogP contribution in [0.2, 0.25) is 0 Å². The van der Waals surface area contributed by atoms with Gasteiger partial charge in [0.15, 0.2) is 6.29 Å². The number of likely N-dealkylation sites (N-methyl/N-ethyl adjacent to an activating group) is 1. The van der Waals surface area contributed by atoms with Crippen LogP contribution in [-0.2, 0) is 25.7 Å². The van der Waals surface area contributed by atoms with Crippen LogP contribution in [0.3, 0.4) is 0 Å². The zero-order valence-corrected chi connectivity index (χ0v) is 28.3. The molecule has 4 aromatic rings. The van der Waals surface area contributed by atoms with Crippen LogP contribution in [-0.4, -0.2) is 65.2 Å². The van der Waals surface area contributed by atoms with Gasteiger partial charge in [-0.15, -0.1) is 0 Å². The summed E-state index contributed by atoms with van der Waals surface area (Å²) in [5, 5.41) is 14.6. The van der Waals surface area contributed by atoms with Crippen molar-refractivity contribution >= 4 is 28.3 Å². The predicted octanol–water partition coefficient (Wildman–Crippen LogP) is 7.31. The SMILES string of the molecule is CC1C(CN(C)C(C)c2ccc3ccccc3c2)OC(c2ccc(NC(=O)C3CCCN3C(=O)C(F)(F)F)cc2)OC1c1ccc(CO)cc1. The number of aliphatic hydroxyl groups excluding tert-OH is 1. The number of likely N-dealkylation sites (tertiary alicyclic amines) is 1. The lowest BCUT2D eigenvalue weighted by Gasteiger charge is -2.43. The highest BCUT2D eigenvalue weighted by atomic mass is 19.4. The molecule has 11 heteroatoms. The number of aliphatic hydroxyl groups is 1. The molecule has 0 bridgehead atoms. The highest BCUT2D eigenvalue weighted by Gasteiger charge is 2.47. The Morgan fingerprint density at radius 2 is 1.64 bits per heavy atom. The maximum Gasteiger partial charge on any atom is 0.471 e. The van der Waals surface area contributed by atoms with Crippen molar-refractivity contribution in [1.82, 2.24) is 9.80 Å². The van der Waals surface area contributed by atoms with E-state index in [0.29, 0.717) is 29.1 Å². The summed E-state index contributed by atoms with van der Waals surface area (Å²) in [5.41, 5.74) is 4.03. The average molecular weight is 690 g/mol. The van der Waals surface area contributed by atoms with Gasteiger partial charge in [0.2, 0.25) is 5.91 Å². The second-order valence-corrected chi connectivity index (χ2v) is 13.3. The number of rotatable bonds is 9. The lowest BCUT2D eigenvalue weighted by molar-refractivity contribution is -0.276. The molecular formula is C39H42F3N3O5. The Morgan fingerprint density at radius 3 is 2.32 bits per heavy atom. The first-order chi connectivity index (χ1) is 23.9. The summed E-state index contributed by atoms with van der Waals surface area (Å²) in [6.45, 7) is 4.71. The molecule has 0 radical (unpaired) electrons.